The summed E-state index contributed by atoms with van der Waals surface area (Å²) >= 11 is 5.91. The summed E-state index contributed by atoms with van der Waals surface area (Å²) in [6.45, 7) is 4.26. The third-order valence-corrected chi connectivity index (χ3v) is 7.66. The van der Waals surface area contributed by atoms with E-state index in [2.05, 4.69) is 0 Å². The fourth-order valence-electron chi connectivity index (χ4n) is 3.90. The van der Waals surface area contributed by atoms with Gasteiger partial charge in [-0.3, -0.25) is 4.79 Å². The molecule has 2 heterocycles. The van der Waals surface area contributed by atoms with Crippen LogP contribution >= 0.6 is 11.6 Å². The molecule has 0 atom stereocenters. The molecule has 2 fully saturated rings. The lowest BCUT2D eigenvalue weighted by molar-refractivity contribution is -0.128. The Balaban J connectivity index is 1.62. The largest absolute Gasteiger partial charge is 0.338 e. The third kappa shape index (κ3) is 4.18. The summed E-state index contributed by atoms with van der Waals surface area (Å²) in [4.78, 5) is 14.4. The Bertz CT molecular complexity index is 725. The summed E-state index contributed by atoms with van der Waals surface area (Å²) < 4.78 is 26.1. The standard InChI is InChI=1S/C18H25ClN2O3S/c1-2-11-25(23,24)21-9-7-18(8-10-21)12-17(22)20(14-18)13-15-3-5-16(19)6-4-15/h3-6H,2,7-14H2,1H3. The highest BCUT2D eigenvalue weighted by atomic mass is 35.5. The highest BCUT2D eigenvalue weighted by Gasteiger charge is 2.46. The molecule has 1 amide bonds. The van der Waals surface area contributed by atoms with Crippen LogP contribution in [-0.4, -0.2) is 48.9 Å². The van der Waals surface area contributed by atoms with Crippen molar-refractivity contribution >= 4 is 27.5 Å². The molecule has 0 aromatic heterocycles. The average Bonchev–Trinajstić information content (AvgIpc) is 2.85. The van der Waals surface area contributed by atoms with Crippen LogP contribution in [0.25, 0.3) is 0 Å². The summed E-state index contributed by atoms with van der Waals surface area (Å²) in [5.74, 6) is 0.376. The number of piperidine rings is 1. The molecule has 7 heteroatoms. The first-order valence-corrected chi connectivity index (χ1v) is 10.8. The van der Waals surface area contributed by atoms with Crippen molar-refractivity contribution in [3.63, 3.8) is 0 Å². The molecule has 0 N–H and O–H groups in total. The average molecular weight is 385 g/mol. The zero-order valence-corrected chi connectivity index (χ0v) is 16.2. The van der Waals surface area contributed by atoms with E-state index in [1.54, 1.807) is 4.31 Å². The van der Waals surface area contributed by atoms with Crippen molar-refractivity contribution in [3.8, 4) is 0 Å². The lowest BCUT2D eigenvalue weighted by Gasteiger charge is -2.38. The van der Waals surface area contributed by atoms with E-state index >= 15 is 0 Å². The maximum atomic E-state index is 12.5. The molecular formula is C18H25ClN2O3S. The minimum Gasteiger partial charge on any atom is -0.338 e. The fraction of sp³-hybridized carbons (Fsp3) is 0.611. The van der Waals surface area contributed by atoms with Crippen LogP contribution in [0.5, 0.6) is 0 Å². The highest BCUT2D eigenvalue weighted by Crippen LogP contribution is 2.42. The lowest BCUT2D eigenvalue weighted by atomic mass is 9.78. The van der Waals surface area contributed by atoms with Crippen LogP contribution in [0.15, 0.2) is 24.3 Å². The summed E-state index contributed by atoms with van der Waals surface area (Å²) in [5.41, 5.74) is 1.000. The van der Waals surface area contributed by atoms with E-state index in [1.807, 2.05) is 36.1 Å². The van der Waals surface area contributed by atoms with Crippen LogP contribution in [0.1, 0.15) is 38.2 Å². The first-order chi connectivity index (χ1) is 11.8. The number of nitrogens with zero attached hydrogens (tertiary/aromatic N) is 2. The second-order valence-electron chi connectivity index (χ2n) is 7.27. The van der Waals surface area contributed by atoms with Crippen LogP contribution < -0.4 is 0 Å². The lowest BCUT2D eigenvalue weighted by Crippen LogP contribution is -2.44. The van der Waals surface area contributed by atoms with E-state index in [9.17, 15) is 13.2 Å². The molecule has 2 aliphatic rings. The molecule has 25 heavy (non-hydrogen) atoms. The van der Waals surface area contributed by atoms with Crippen LogP contribution in [0.3, 0.4) is 0 Å². The number of hydrogen-bond donors (Lipinski definition) is 0. The number of carbonyl (C=O) groups excluding carboxylic acids is 1. The molecule has 1 aromatic rings. The number of sulfonamides is 1. The molecule has 138 valence electrons. The van der Waals surface area contributed by atoms with Gasteiger partial charge in [0.25, 0.3) is 0 Å². The molecule has 2 saturated heterocycles. The normalized spacial score (nSPS) is 21.2. The predicted molar refractivity (Wildman–Crippen MR) is 98.8 cm³/mol. The van der Waals surface area contributed by atoms with Gasteiger partial charge in [-0.25, -0.2) is 12.7 Å². The van der Waals surface area contributed by atoms with Gasteiger partial charge >= 0.3 is 0 Å². The Morgan fingerprint density at radius 3 is 2.40 bits per heavy atom. The minimum atomic E-state index is -3.14. The SMILES string of the molecule is CCCS(=O)(=O)N1CCC2(CC1)CC(=O)N(Cc1ccc(Cl)cc1)C2. The molecule has 0 unspecified atom stereocenters. The Morgan fingerprint density at radius 1 is 1.16 bits per heavy atom. The summed E-state index contributed by atoms with van der Waals surface area (Å²) in [6.07, 6.45) is 2.69. The van der Waals surface area contributed by atoms with Gasteiger partial charge in [-0.2, -0.15) is 0 Å². The van der Waals surface area contributed by atoms with E-state index in [1.165, 1.54) is 0 Å². The monoisotopic (exact) mass is 384 g/mol. The number of halogens is 1. The van der Waals surface area contributed by atoms with E-state index in [0.29, 0.717) is 37.5 Å². The molecule has 0 radical (unpaired) electrons. The van der Waals surface area contributed by atoms with Gasteiger partial charge in [-0.1, -0.05) is 30.7 Å². The molecule has 2 aliphatic heterocycles. The van der Waals surface area contributed by atoms with Crippen molar-refractivity contribution in [2.45, 2.75) is 39.2 Å². The van der Waals surface area contributed by atoms with Gasteiger partial charge in [0.05, 0.1) is 5.75 Å². The maximum absolute atomic E-state index is 12.5. The molecule has 0 saturated carbocycles. The fourth-order valence-corrected chi connectivity index (χ4v) is 5.54. The van der Waals surface area contributed by atoms with Crippen molar-refractivity contribution in [3.05, 3.63) is 34.9 Å². The summed E-state index contributed by atoms with van der Waals surface area (Å²) in [5, 5.41) is 0.689. The third-order valence-electron chi connectivity index (χ3n) is 5.33. The van der Waals surface area contributed by atoms with E-state index in [-0.39, 0.29) is 17.1 Å². The molecular weight excluding hydrogens is 360 g/mol. The number of carbonyl (C=O) groups is 1. The quantitative estimate of drug-likeness (QED) is 0.784. The van der Waals surface area contributed by atoms with Crippen molar-refractivity contribution in [2.75, 3.05) is 25.4 Å². The zero-order valence-electron chi connectivity index (χ0n) is 14.6. The van der Waals surface area contributed by atoms with Gasteiger partial charge in [0.15, 0.2) is 0 Å². The van der Waals surface area contributed by atoms with Gasteiger partial charge in [0, 0.05) is 37.6 Å². The number of rotatable bonds is 5. The summed E-state index contributed by atoms with van der Waals surface area (Å²) in [7, 11) is -3.14. The Labute approximate surface area is 155 Å². The molecule has 0 bridgehead atoms. The number of amides is 1. The first kappa shape index (κ1) is 18.7. The van der Waals surface area contributed by atoms with Crippen molar-refractivity contribution < 1.29 is 13.2 Å². The van der Waals surface area contributed by atoms with Crippen LogP contribution in [0, 0.1) is 5.41 Å². The second-order valence-corrected chi connectivity index (χ2v) is 9.79. The second kappa shape index (κ2) is 7.25. The Kier molecular flexibility index (Phi) is 5.42. The number of benzene rings is 1. The highest BCUT2D eigenvalue weighted by molar-refractivity contribution is 7.89. The maximum Gasteiger partial charge on any atom is 0.223 e. The summed E-state index contributed by atoms with van der Waals surface area (Å²) in [6, 6.07) is 7.57. The van der Waals surface area contributed by atoms with Crippen LogP contribution in [0.4, 0.5) is 0 Å². The van der Waals surface area contributed by atoms with Crippen LogP contribution in [-0.2, 0) is 21.4 Å². The van der Waals surface area contributed by atoms with Crippen molar-refractivity contribution in [1.82, 2.24) is 9.21 Å². The van der Waals surface area contributed by atoms with Gasteiger partial charge in [0.2, 0.25) is 15.9 Å². The molecule has 1 aromatic carbocycles. The topological polar surface area (TPSA) is 57.7 Å². The Hall–Kier alpha value is -1.11. The molecule has 1 spiro atoms. The first-order valence-electron chi connectivity index (χ1n) is 8.84. The van der Waals surface area contributed by atoms with Crippen LogP contribution in [0.2, 0.25) is 5.02 Å². The molecule has 3 rings (SSSR count). The predicted octanol–water partition coefficient (Wildman–Crippen LogP) is 2.89. The minimum absolute atomic E-state index is 0.0677. The smallest absolute Gasteiger partial charge is 0.223 e. The van der Waals surface area contributed by atoms with Crippen molar-refractivity contribution in [2.24, 2.45) is 5.41 Å². The van der Waals surface area contributed by atoms with Gasteiger partial charge in [-0.15, -0.1) is 0 Å². The van der Waals surface area contributed by atoms with Gasteiger partial charge < -0.3 is 4.90 Å². The van der Waals surface area contributed by atoms with E-state index in [0.717, 1.165) is 24.9 Å². The van der Waals surface area contributed by atoms with E-state index in [4.69, 9.17) is 11.6 Å². The number of likely N-dealkylation sites (tertiary alicyclic amines) is 1. The molecule has 5 nitrogen and oxygen atoms in total. The molecule has 0 aliphatic carbocycles. The number of hydrogen-bond acceptors (Lipinski definition) is 3. The van der Waals surface area contributed by atoms with Gasteiger partial charge in [0.1, 0.15) is 0 Å². The van der Waals surface area contributed by atoms with Crippen molar-refractivity contribution in [1.29, 1.82) is 0 Å². The Morgan fingerprint density at radius 2 is 1.80 bits per heavy atom. The van der Waals surface area contributed by atoms with Gasteiger partial charge in [-0.05, 0) is 42.4 Å². The van der Waals surface area contributed by atoms with E-state index < -0.39 is 10.0 Å². The zero-order chi connectivity index (χ0) is 18.1.